The summed E-state index contributed by atoms with van der Waals surface area (Å²) in [5.74, 6) is -1.66. The number of carbonyl (C=O) groups excluding carboxylic acids is 1. The zero-order valence-corrected chi connectivity index (χ0v) is 13.8. The van der Waals surface area contributed by atoms with Crippen LogP contribution in [0, 0.1) is 0 Å². The first-order valence-corrected chi connectivity index (χ1v) is 8.60. The van der Waals surface area contributed by atoms with Crippen molar-refractivity contribution in [2.24, 2.45) is 0 Å². The van der Waals surface area contributed by atoms with Crippen LogP contribution in [-0.2, 0) is 15.7 Å². The molecule has 2 nitrogen and oxygen atoms in total. The average molecular weight is 340 g/mol. The van der Waals surface area contributed by atoms with Crippen molar-refractivity contribution in [3.8, 4) is 0 Å². The van der Waals surface area contributed by atoms with Crippen LogP contribution in [0.5, 0.6) is 0 Å². The second kappa shape index (κ2) is 9.53. The summed E-state index contributed by atoms with van der Waals surface area (Å²) in [6, 6.07) is 32.2. The molecule has 0 saturated carbocycles. The smallest absolute Gasteiger partial charge is 0.166 e. The number of halogens is 1. The van der Waals surface area contributed by atoms with E-state index in [0.717, 1.165) is 0 Å². The number of carbonyl (C=O) groups is 1. The van der Waals surface area contributed by atoms with Gasteiger partial charge in [0, 0.05) is 0 Å². The first-order chi connectivity index (χ1) is 11.7. The Hall–Kier alpha value is -2.59. The molecule has 3 rings (SSSR count). The molecule has 0 aliphatic carbocycles. The average Bonchev–Trinajstić information content (AvgIpc) is 2.65. The van der Waals surface area contributed by atoms with Gasteiger partial charge in [0.05, 0.1) is 16.9 Å². The number of rotatable bonds is 4. The number of carboxylic acid groups (broad SMARTS) is 1. The summed E-state index contributed by atoms with van der Waals surface area (Å²) >= 11 is 0. The monoisotopic (exact) mass is 340 g/mol. The Labute approximate surface area is 143 Å². The predicted octanol–water partition coefficient (Wildman–Crippen LogP) is 3.49. The van der Waals surface area contributed by atoms with Gasteiger partial charge in [0.25, 0.3) is 0 Å². The Morgan fingerprint density at radius 1 is 0.708 bits per heavy atom. The number of aliphatic carboxylic acids is 1. The molecule has 0 amide bonds. The lowest BCUT2D eigenvalue weighted by Gasteiger charge is -2.07. The molecule has 0 aromatic heterocycles. The van der Waals surface area contributed by atoms with Crippen LogP contribution in [-0.4, -0.2) is 12.6 Å². The van der Waals surface area contributed by atoms with Crippen LogP contribution < -0.4 is 5.11 Å². The second-order valence-electron chi connectivity index (χ2n) is 4.75. The van der Waals surface area contributed by atoms with E-state index < -0.39 is 12.6 Å². The van der Waals surface area contributed by atoms with E-state index >= 15 is 0 Å². The summed E-state index contributed by atoms with van der Waals surface area (Å²) in [6.07, 6.45) is 0. The molecule has 24 heavy (non-hydrogen) atoms. The fraction of sp³-hybridized carbons (Fsp3) is 0.0500. The molecule has 0 fully saturated rings. The van der Waals surface area contributed by atoms with Gasteiger partial charge in [-0.1, -0.05) is 54.6 Å². The maximum Gasteiger partial charge on any atom is 0.166 e. The van der Waals surface area contributed by atoms with Gasteiger partial charge in [-0.05, 0) is 36.4 Å². The standard InChI is InChI=1S/C18H15S.C2H3FO2/c1-4-10-16(11-5-1)19(17-12-6-2-7-13-17)18-14-8-3-9-15-18;3-1-2(4)5/h1-15H;1H2,(H,4,5)/q+1;/p-1. The SMILES string of the molecule is O=C([O-])CF.c1ccc([S+](c2ccccc2)c2ccccc2)cc1. The van der Waals surface area contributed by atoms with E-state index in [1.165, 1.54) is 14.7 Å². The molecule has 0 bridgehead atoms. The molecule has 0 radical (unpaired) electrons. The van der Waals surface area contributed by atoms with E-state index in [9.17, 15) is 4.39 Å². The van der Waals surface area contributed by atoms with Crippen LogP contribution in [0.2, 0.25) is 0 Å². The molecule has 0 saturated heterocycles. The molecule has 0 aliphatic rings. The Bertz CT molecular complexity index is 639. The largest absolute Gasteiger partial charge is 0.547 e. The van der Waals surface area contributed by atoms with Gasteiger partial charge in [0.1, 0.15) is 6.67 Å². The molecule has 0 aliphatic heterocycles. The normalized spacial score (nSPS) is 9.92. The zero-order chi connectivity index (χ0) is 17.2. The topological polar surface area (TPSA) is 40.1 Å². The molecule has 0 atom stereocenters. The highest BCUT2D eigenvalue weighted by atomic mass is 32.2. The van der Waals surface area contributed by atoms with Crippen molar-refractivity contribution < 1.29 is 14.3 Å². The highest BCUT2D eigenvalue weighted by molar-refractivity contribution is 7.97. The summed E-state index contributed by atoms with van der Waals surface area (Å²) in [7, 11) is -0.0146. The van der Waals surface area contributed by atoms with Gasteiger partial charge in [-0.15, -0.1) is 0 Å². The quantitative estimate of drug-likeness (QED) is 0.682. The highest BCUT2D eigenvalue weighted by Gasteiger charge is 2.27. The zero-order valence-electron chi connectivity index (χ0n) is 13.0. The van der Waals surface area contributed by atoms with Crippen molar-refractivity contribution >= 4 is 16.9 Å². The summed E-state index contributed by atoms with van der Waals surface area (Å²) in [4.78, 5) is 13.0. The van der Waals surface area contributed by atoms with Crippen molar-refractivity contribution in [3.63, 3.8) is 0 Å². The van der Waals surface area contributed by atoms with Crippen molar-refractivity contribution in [2.75, 3.05) is 6.67 Å². The van der Waals surface area contributed by atoms with E-state index in [4.69, 9.17) is 9.90 Å². The van der Waals surface area contributed by atoms with E-state index in [1.807, 2.05) is 0 Å². The fourth-order valence-corrected chi connectivity index (χ4v) is 4.18. The number of benzene rings is 3. The maximum atomic E-state index is 10.5. The van der Waals surface area contributed by atoms with Gasteiger partial charge in [0.15, 0.2) is 14.7 Å². The van der Waals surface area contributed by atoms with Gasteiger partial charge in [-0.25, -0.2) is 4.39 Å². The summed E-state index contributed by atoms with van der Waals surface area (Å²) < 4.78 is 10.5. The Balaban J connectivity index is 0.000000368. The lowest BCUT2D eigenvalue weighted by atomic mass is 10.4. The van der Waals surface area contributed by atoms with Gasteiger partial charge >= 0.3 is 0 Å². The molecule has 0 unspecified atom stereocenters. The molecule has 0 N–H and O–H groups in total. The molecule has 3 aromatic rings. The maximum absolute atomic E-state index is 10.5. The van der Waals surface area contributed by atoms with Crippen LogP contribution in [0.25, 0.3) is 0 Å². The summed E-state index contributed by atoms with van der Waals surface area (Å²) in [5.41, 5.74) is 0. The van der Waals surface area contributed by atoms with Crippen LogP contribution in [0.15, 0.2) is 106 Å². The van der Waals surface area contributed by atoms with Gasteiger partial charge in [-0.2, -0.15) is 0 Å². The number of hydrogen-bond acceptors (Lipinski definition) is 2. The molecule has 4 heteroatoms. The van der Waals surface area contributed by atoms with Crippen molar-refractivity contribution in [2.45, 2.75) is 14.7 Å². The van der Waals surface area contributed by atoms with Crippen LogP contribution in [0.3, 0.4) is 0 Å². The van der Waals surface area contributed by atoms with Crippen LogP contribution >= 0.6 is 0 Å². The lowest BCUT2D eigenvalue weighted by Crippen LogP contribution is -2.23. The third-order valence-electron chi connectivity index (χ3n) is 3.05. The van der Waals surface area contributed by atoms with Gasteiger partial charge < -0.3 is 9.90 Å². The minimum Gasteiger partial charge on any atom is -0.547 e. The molecule has 0 spiro atoms. The van der Waals surface area contributed by atoms with E-state index in [2.05, 4.69) is 91.0 Å². The number of alkyl halides is 1. The van der Waals surface area contributed by atoms with Crippen LogP contribution in [0.1, 0.15) is 0 Å². The Morgan fingerprint density at radius 3 is 1.17 bits per heavy atom. The number of carboxylic acids is 1. The Morgan fingerprint density at radius 2 is 0.958 bits per heavy atom. The Kier molecular flexibility index (Phi) is 7.05. The van der Waals surface area contributed by atoms with Crippen LogP contribution in [0.4, 0.5) is 4.39 Å². The second-order valence-corrected chi connectivity index (χ2v) is 6.78. The van der Waals surface area contributed by atoms with E-state index in [1.54, 1.807) is 0 Å². The molecule has 3 aromatic carbocycles. The van der Waals surface area contributed by atoms with Crippen molar-refractivity contribution in [1.29, 1.82) is 0 Å². The minimum absolute atomic E-state index is 0.0146. The fourth-order valence-electron chi connectivity index (χ4n) is 2.08. The number of hydrogen-bond donors (Lipinski definition) is 0. The first kappa shape index (κ1) is 17.8. The minimum atomic E-state index is -1.66. The van der Waals surface area contributed by atoms with Crippen molar-refractivity contribution in [3.05, 3.63) is 91.0 Å². The lowest BCUT2D eigenvalue weighted by molar-refractivity contribution is -0.306. The third-order valence-corrected chi connectivity index (χ3v) is 5.28. The van der Waals surface area contributed by atoms with E-state index in [0.29, 0.717) is 0 Å². The summed E-state index contributed by atoms with van der Waals surface area (Å²) in [5, 5.41) is 8.88. The predicted molar refractivity (Wildman–Crippen MR) is 92.5 cm³/mol. The molecular formula is C20H17FO2S. The molecule has 0 heterocycles. The van der Waals surface area contributed by atoms with E-state index in [-0.39, 0.29) is 10.9 Å². The molecular weight excluding hydrogens is 323 g/mol. The summed E-state index contributed by atoms with van der Waals surface area (Å²) in [6.45, 7) is -1.39. The first-order valence-electron chi connectivity index (χ1n) is 7.37. The highest BCUT2D eigenvalue weighted by Crippen LogP contribution is 2.30. The van der Waals surface area contributed by atoms with Crippen molar-refractivity contribution in [1.82, 2.24) is 0 Å². The van der Waals surface area contributed by atoms with Gasteiger partial charge in [-0.3, -0.25) is 0 Å². The molecule has 122 valence electrons. The van der Waals surface area contributed by atoms with Gasteiger partial charge in [0.2, 0.25) is 0 Å². The third kappa shape index (κ3) is 5.25.